The van der Waals surface area contributed by atoms with Crippen molar-refractivity contribution in [1.82, 2.24) is 15.1 Å². The van der Waals surface area contributed by atoms with Crippen LogP contribution in [-0.4, -0.2) is 15.1 Å². The molecule has 2 N–H and O–H groups in total. The minimum Gasteiger partial charge on any atom is -0.333 e. The first-order valence-corrected chi connectivity index (χ1v) is 4.19. The van der Waals surface area contributed by atoms with Crippen LogP contribution in [-0.2, 0) is 6.54 Å². The molecule has 0 aliphatic rings. The molecule has 0 aromatic carbocycles. The van der Waals surface area contributed by atoms with Crippen molar-refractivity contribution in [1.29, 1.82) is 0 Å². The Bertz CT molecular complexity index is 355. The maximum Gasteiger partial charge on any atom is 0.269 e. The average molecular weight is 182 g/mol. The van der Waals surface area contributed by atoms with Gasteiger partial charge in [0.05, 0.1) is 18.3 Å². The van der Waals surface area contributed by atoms with Gasteiger partial charge in [0.25, 0.3) is 5.89 Å². The van der Waals surface area contributed by atoms with E-state index in [0.29, 0.717) is 18.3 Å². The summed E-state index contributed by atoms with van der Waals surface area (Å²) in [4.78, 5) is 8.80. The average Bonchev–Trinajstić information content (AvgIpc) is 2.75. The second-order valence-electron chi connectivity index (χ2n) is 2.09. The lowest BCUT2D eigenvalue weighted by atomic mass is 10.5. The van der Waals surface area contributed by atoms with Gasteiger partial charge in [0.1, 0.15) is 4.88 Å². The number of thiazole rings is 1. The van der Waals surface area contributed by atoms with Crippen LogP contribution in [0.25, 0.3) is 10.8 Å². The molecule has 0 aliphatic carbocycles. The van der Waals surface area contributed by atoms with Crippen molar-refractivity contribution in [2.24, 2.45) is 5.73 Å². The summed E-state index contributed by atoms with van der Waals surface area (Å²) in [6.07, 6.45) is 1.68. The number of nitrogens with zero attached hydrogens (tertiary/aromatic N) is 3. The Balaban J connectivity index is 2.35. The number of nitrogens with two attached hydrogens (primary N) is 1. The maximum absolute atomic E-state index is 5.32. The van der Waals surface area contributed by atoms with Crippen LogP contribution in [0, 0.1) is 0 Å². The molecule has 0 radical (unpaired) electrons. The van der Waals surface area contributed by atoms with Crippen molar-refractivity contribution < 1.29 is 4.52 Å². The lowest BCUT2D eigenvalue weighted by Crippen LogP contribution is -1.97. The second-order valence-corrected chi connectivity index (χ2v) is 2.97. The van der Waals surface area contributed by atoms with E-state index >= 15 is 0 Å². The van der Waals surface area contributed by atoms with Gasteiger partial charge >= 0.3 is 0 Å². The van der Waals surface area contributed by atoms with E-state index < -0.39 is 0 Å². The molecular formula is C6H6N4OS. The molecule has 2 aromatic rings. The van der Waals surface area contributed by atoms with Crippen molar-refractivity contribution in [3.05, 3.63) is 17.5 Å². The fraction of sp³-hybridized carbons (Fsp3) is 0.167. The summed E-state index contributed by atoms with van der Waals surface area (Å²) in [5.74, 6) is 0.997. The van der Waals surface area contributed by atoms with Crippen molar-refractivity contribution in [2.45, 2.75) is 6.54 Å². The van der Waals surface area contributed by atoms with Crippen molar-refractivity contribution >= 4 is 11.3 Å². The summed E-state index contributed by atoms with van der Waals surface area (Å²) in [6.45, 7) is 0.294. The molecule has 6 heteroatoms. The summed E-state index contributed by atoms with van der Waals surface area (Å²) in [5, 5.41) is 3.66. The molecule has 0 spiro atoms. The zero-order chi connectivity index (χ0) is 8.39. The molecule has 0 bridgehead atoms. The Hall–Kier alpha value is -1.27. The van der Waals surface area contributed by atoms with E-state index in [1.165, 1.54) is 11.3 Å². The fourth-order valence-corrected chi connectivity index (χ4v) is 1.30. The van der Waals surface area contributed by atoms with Gasteiger partial charge in [-0.1, -0.05) is 5.16 Å². The zero-order valence-corrected chi connectivity index (χ0v) is 6.91. The molecule has 0 fully saturated rings. The third-order valence-electron chi connectivity index (χ3n) is 1.29. The fourth-order valence-electron chi connectivity index (χ4n) is 0.758. The van der Waals surface area contributed by atoms with E-state index in [2.05, 4.69) is 15.1 Å². The minimum absolute atomic E-state index is 0.294. The summed E-state index contributed by atoms with van der Waals surface area (Å²) in [5.41, 5.74) is 7.03. The summed E-state index contributed by atoms with van der Waals surface area (Å²) in [7, 11) is 0. The lowest BCUT2D eigenvalue weighted by Gasteiger charge is -1.80. The number of rotatable bonds is 2. The van der Waals surface area contributed by atoms with E-state index in [1.54, 1.807) is 11.7 Å². The molecule has 62 valence electrons. The summed E-state index contributed by atoms with van der Waals surface area (Å²) < 4.78 is 4.93. The highest BCUT2D eigenvalue weighted by atomic mass is 32.1. The predicted octanol–water partition coefficient (Wildman–Crippen LogP) is 0.652. The van der Waals surface area contributed by atoms with Crippen LogP contribution < -0.4 is 5.73 Å². The van der Waals surface area contributed by atoms with E-state index in [4.69, 9.17) is 10.3 Å². The van der Waals surface area contributed by atoms with Gasteiger partial charge in [0.15, 0.2) is 5.82 Å². The largest absolute Gasteiger partial charge is 0.333 e. The minimum atomic E-state index is 0.294. The monoisotopic (exact) mass is 182 g/mol. The molecular weight excluding hydrogens is 176 g/mol. The predicted molar refractivity (Wildman–Crippen MR) is 43.3 cm³/mol. The van der Waals surface area contributed by atoms with E-state index in [9.17, 15) is 0 Å². The number of hydrogen-bond donors (Lipinski definition) is 1. The standard InChI is InChI=1S/C6H6N4OS/c7-1-5-9-6(11-10-5)4-2-8-3-12-4/h2-3H,1,7H2. The molecule has 0 saturated carbocycles. The van der Waals surface area contributed by atoms with Gasteiger partial charge in [-0.05, 0) is 0 Å². The first kappa shape index (κ1) is 7.38. The third kappa shape index (κ3) is 1.21. The Morgan fingerprint density at radius 3 is 3.08 bits per heavy atom. The quantitative estimate of drug-likeness (QED) is 0.737. The van der Waals surface area contributed by atoms with Gasteiger partial charge in [0, 0.05) is 0 Å². The topological polar surface area (TPSA) is 77.8 Å². The smallest absolute Gasteiger partial charge is 0.269 e. The maximum atomic E-state index is 5.32. The SMILES string of the molecule is NCc1noc(-c2cncs2)n1. The van der Waals surface area contributed by atoms with Crippen LogP contribution in [0.15, 0.2) is 16.2 Å². The zero-order valence-electron chi connectivity index (χ0n) is 6.10. The van der Waals surface area contributed by atoms with E-state index in [0.717, 1.165) is 4.88 Å². The molecule has 0 atom stereocenters. The lowest BCUT2D eigenvalue weighted by molar-refractivity contribution is 0.423. The molecule has 0 aliphatic heterocycles. The molecule has 0 saturated heterocycles. The Morgan fingerprint density at radius 2 is 2.50 bits per heavy atom. The molecule has 5 nitrogen and oxygen atoms in total. The Morgan fingerprint density at radius 1 is 1.58 bits per heavy atom. The number of hydrogen-bond acceptors (Lipinski definition) is 6. The molecule has 2 heterocycles. The normalized spacial score (nSPS) is 10.4. The highest BCUT2D eigenvalue weighted by Crippen LogP contribution is 2.20. The molecule has 0 amide bonds. The first-order chi connectivity index (χ1) is 5.90. The second kappa shape index (κ2) is 3.00. The van der Waals surface area contributed by atoms with Crippen LogP contribution in [0.1, 0.15) is 5.82 Å². The van der Waals surface area contributed by atoms with Gasteiger partial charge in [-0.15, -0.1) is 11.3 Å². The van der Waals surface area contributed by atoms with Crippen LogP contribution in [0.5, 0.6) is 0 Å². The van der Waals surface area contributed by atoms with Gasteiger partial charge in [-0.2, -0.15) is 4.98 Å². The van der Waals surface area contributed by atoms with Crippen molar-refractivity contribution in [2.75, 3.05) is 0 Å². The van der Waals surface area contributed by atoms with E-state index in [1.807, 2.05) is 0 Å². The Labute approximate surface area is 72.2 Å². The van der Waals surface area contributed by atoms with E-state index in [-0.39, 0.29) is 0 Å². The Kier molecular flexibility index (Phi) is 1.84. The van der Waals surface area contributed by atoms with Crippen LogP contribution in [0.3, 0.4) is 0 Å². The first-order valence-electron chi connectivity index (χ1n) is 3.31. The van der Waals surface area contributed by atoms with Crippen LogP contribution in [0.2, 0.25) is 0 Å². The van der Waals surface area contributed by atoms with Gasteiger partial charge in [0.2, 0.25) is 0 Å². The van der Waals surface area contributed by atoms with Gasteiger partial charge in [-0.3, -0.25) is 4.98 Å². The van der Waals surface area contributed by atoms with Gasteiger partial charge < -0.3 is 10.3 Å². The highest BCUT2D eigenvalue weighted by molar-refractivity contribution is 7.13. The molecule has 2 rings (SSSR count). The molecule has 2 aromatic heterocycles. The van der Waals surface area contributed by atoms with Crippen LogP contribution >= 0.6 is 11.3 Å². The summed E-state index contributed by atoms with van der Waals surface area (Å²) in [6, 6.07) is 0. The van der Waals surface area contributed by atoms with Gasteiger partial charge in [-0.25, -0.2) is 0 Å². The highest BCUT2D eigenvalue weighted by Gasteiger charge is 2.07. The van der Waals surface area contributed by atoms with Crippen LogP contribution in [0.4, 0.5) is 0 Å². The van der Waals surface area contributed by atoms with Crippen molar-refractivity contribution in [3.63, 3.8) is 0 Å². The summed E-state index contributed by atoms with van der Waals surface area (Å²) >= 11 is 1.45. The molecule has 0 unspecified atom stereocenters. The molecule has 12 heavy (non-hydrogen) atoms. The van der Waals surface area contributed by atoms with Crippen molar-refractivity contribution in [3.8, 4) is 10.8 Å². The third-order valence-corrected chi connectivity index (χ3v) is 2.05. The number of aromatic nitrogens is 3.